The molecule has 1 aromatic rings. The molecule has 2 atom stereocenters. The number of benzene rings is 1. The Kier molecular flexibility index (Phi) is 4.58. The fraction of sp³-hybridized carbons (Fsp3) is 0.500. The second-order valence-corrected chi connectivity index (χ2v) is 5.82. The quantitative estimate of drug-likeness (QED) is 0.831. The van der Waals surface area contributed by atoms with Gasteiger partial charge in [0.2, 0.25) is 0 Å². The number of ether oxygens (including phenoxy) is 1. The maximum Gasteiger partial charge on any atom is 0.255 e. The third-order valence-electron chi connectivity index (χ3n) is 3.54. The van der Waals surface area contributed by atoms with Crippen molar-refractivity contribution in [3.8, 4) is 5.75 Å². The average molecular weight is 280 g/mol. The van der Waals surface area contributed by atoms with E-state index >= 15 is 0 Å². The van der Waals surface area contributed by atoms with Gasteiger partial charge in [0, 0.05) is 23.0 Å². The molecule has 0 saturated heterocycles. The van der Waals surface area contributed by atoms with Crippen LogP contribution >= 0.6 is 11.8 Å². The summed E-state index contributed by atoms with van der Waals surface area (Å²) in [6.45, 7) is 0. The summed E-state index contributed by atoms with van der Waals surface area (Å²) in [5.41, 5.74) is 6.83. The molecule has 1 saturated carbocycles. The molecule has 1 aromatic carbocycles. The van der Waals surface area contributed by atoms with Crippen molar-refractivity contribution in [2.75, 3.05) is 19.1 Å². The van der Waals surface area contributed by atoms with Crippen LogP contribution in [0.25, 0.3) is 0 Å². The van der Waals surface area contributed by atoms with Crippen LogP contribution in [-0.2, 0) is 0 Å². The van der Waals surface area contributed by atoms with E-state index in [2.05, 4.69) is 11.6 Å². The third kappa shape index (κ3) is 3.15. The van der Waals surface area contributed by atoms with Crippen molar-refractivity contribution in [2.24, 2.45) is 0 Å². The summed E-state index contributed by atoms with van der Waals surface area (Å²) in [6.07, 6.45) is 5.49. The number of carbonyl (C=O) groups is 1. The highest BCUT2D eigenvalue weighted by molar-refractivity contribution is 7.99. The molecule has 19 heavy (non-hydrogen) atoms. The lowest BCUT2D eigenvalue weighted by atomic mass is 10.1. The lowest BCUT2D eigenvalue weighted by Gasteiger charge is -2.20. The number of methoxy groups -OCH3 is 1. The number of amides is 1. The van der Waals surface area contributed by atoms with Gasteiger partial charge in [0.1, 0.15) is 5.75 Å². The van der Waals surface area contributed by atoms with Crippen LogP contribution in [0.4, 0.5) is 5.69 Å². The molecule has 2 rings (SSSR count). The first-order valence-corrected chi connectivity index (χ1v) is 7.71. The first-order valence-electron chi connectivity index (χ1n) is 6.43. The molecule has 1 aliphatic rings. The molecule has 1 fully saturated rings. The highest BCUT2D eigenvalue weighted by atomic mass is 32.2. The van der Waals surface area contributed by atoms with Crippen molar-refractivity contribution in [1.82, 2.24) is 5.32 Å². The maximum atomic E-state index is 12.3. The van der Waals surface area contributed by atoms with Crippen molar-refractivity contribution in [2.45, 2.75) is 30.6 Å². The Morgan fingerprint density at radius 2 is 2.26 bits per heavy atom. The Morgan fingerprint density at radius 1 is 1.47 bits per heavy atom. The van der Waals surface area contributed by atoms with Crippen LogP contribution in [0.3, 0.4) is 0 Å². The second kappa shape index (κ2) is 6.19. The minimum atomic E-state index is -0.0807. The molecule has 0 aliphatic heterocycles. The average Bonchev–Trinajstić information content (AvgIpc) is 2.85. The van der Waals surface area contributed by atoms with E-state index < -0.39 is 0 Å². The minimum absolute atomic E-state index is 0.0807. The van der Waals surface area contributed by atoms with Gasteiger partial charge in [0.15, 0.2) is 0 Å². The summed E-state index contributed by atoms with van der Waals surface area (Å²) < 4.78 is 5.22. The predicted octanol–water partition coefficient (Wildman–Crippen LogP) is 2.29. The van der Waals surface area contributed by atoms with Gasteiger partial charge in [-0.3, -0.25) is 4.79 Å². The molecule has 5 heteroatoms. The molecule has 0 spiro atoms. The summed E-state index contributed by atoms with van der Waals surface area (Å²) in [7, 11) is 1.55. The molecule has 0 aromatic heterocycles. The van der Waals surface area contributed by atoms with E-state index in [-0.39, 0.29) is 11.9 Å². The Hall–Kier alpha value is -1.36. The van der Waals surface area contributed by atoms with Crippen LogP contribution in [0.5, 0.6) is 5.75 Å². The van der Waals surface area contributed by atoms with E-state index in [0.29, 0.717) is 22.3 Å². The lowest BCUT2D eigenvalue weighted by molar-refractivity contribution is 0.0935. The summed E-state index contributed by atoms with van der Waals surface area (Å²) in [5, 5.41) is 3.63. The monoisotopic (exact) mass is 280 g/mol. The maximum absolute atomic E-state index is 12.3. The zero-order valence-corrected chi connectivity index (χ0v) is 12.1. The van der Waals surface area contributed by atoms with E-state index in [0.717, 1.165) is 6.42 Å². The van der Waals surface area contributed by atoms with Crippen molar-refractivity contribution in [3.05, 3.63) is 23.8 Å². The van der Waals surface area contributed by atoms with E-state index in [9.17, 15) is 4.79 Å². The minimum Gasteiger partial charge on any atom is -0.496 e. The summed E-state index contributed by atoms with van der Waals surface area (Å²) in [6, 6.07) is 5.37. The summed E-state index contributed by atoms with van der Waals surface area (Å²) >= 11 is 1.82. The van der Waals surface area contributed by atoms with Crippen molar-refractivity contribution in [3.63, 3.8) is 0 Å². The molecule has 1 amide bonds. The molecule has 0 radical (unpaired) electrons. The molecule has 3 N–H and O–H groups in total. The van der Waals surface area contributed by atoms with Crippen LogP contribution < -0.4 is 15.8 Å². The molecule has 1 aliphatic carbocycles. The van der Waals surface area contributed by atoms with Gasteiger partial charge in [-0.15, -0.1) is 0 Å². The summed E-state index contributed by atoms with van der Waals surface area (Å²) in [5.74, 6) is 0.444. The van der Waals surface area contributed by atoms with Crippen molar-refractivity contribution < 1.29 is 9.53 Å². The second-order valence-electron chi connectivity index (χ2n) is 4.74. The summed E-state index contributed by atoms with van der Waals surface area (Å²) in [4.78, 5) is 12.3. The van der Waals surface area contributed by atoms with Gasteiger partial charge in [-0.25, -0.2) is 0 Å². The number of thioether (sulfide) groups is 1. The first-order chi connectivity index (χ1) is 9.15. The first kappa shape index (κ1) is 14.1. The molecule has 0 bridgehead atoms. The zero-order valence-electron chi connectivity index (χ0n) is 11.3. The largest absolute Gasteiger partial charge is 0.496 e. The van der Waals surface area contributed by atoms with Gasteiger partial charge in [-0.2, -0.15) is 11.8 Å². The van der Waals surface area contributed by atoms with Crippen molar-refractivity contribution in [1.29, 1.82) is 0 Å². The fourth-order valence-electron chi connectivity index (χ4n) is 2.51. The Balaban J connectivity index is 2.11. The van der Waals surface area contributed by atoms with Crippen LogP contribution in [-0.4, -0.2) is 30.6 Å². The number of carbonyl (C=O) groups excluding carboxylic acids is 1. The van der Waals surface area contributed by atoms with Crippen LogP contribution in [0, 0.1) is 0 Å². The van der Waals surface area contributed by atoms with Crippen LogP contribution in [0.2, 0.25) is 0 Å². The molecule has 0 heterocycles. The topological polar surface area (TPSA) is 64.3 Å². The molecular weight excluding hydrogens is 260 g/mol. The highest BCUT2D eigenvalue weighted by Crippen LogP contribution is 2.29. The van der Waals surface area contributed by atoms with Gasteiger partial charge >= 0.3 is 0 Å². The SMILES string of the molecule is COc1cc(N)ccc1C(=O)NC1CCCC1SC. The molecule has 104 valence electrons. The fourth-order valence-corrected chi connectivity index (χ4v) is 3.45. The standard InChI is InChI=1S/C14H20N2O2S/c1-18-12-8-9(15)6-7-10(12)14(17)16-11-4-3-5-13(11)19-2/h6-8,11,13H,3-5,15H2,1-2H3,(H,16,17). The zero-order chi connectivity index (χ0) is 13.8. The Morgan fingerprint density at radius 3 is 2.95 bits per heavy atom. The Labute approximate surface area is 118 Å². The number of hydrogen-bond acceptors (Lipinski definition) is 4. The van der Waals surface area contributed by atoms with Crippen LogP contribution in [0.15, 0.2) is 18.2 Å². The normalized spacial score (nSPS) is 22.2. The van der Waals surface area contributed by atoms with Gasteiger partial charge in [-0.05, 0) is 31.2 Å². The van der Waals surface area contributed by atoms with Gasteiger partial charge < -0.3 is 15.8 Å². The Bertz CT molecular complexity index is 465. The molecule has 2 unspecified atom stereocenters. The van der Waals surface area contributed by atoms with E-state index in [4.69, 9.17) is 10.5 Å². The van der Waals surface area contributed by atoms with E-state index in [1.54, 1.807) is 25.3 Å². The van der Waals surface area contributed by atoms with Gasteiger partial charge in [0.25, 0.3) is 5.91 Å². The lowest BCUT2D eigenvalue weighted by Crippen LogP contribution is -2.38. The van der Waals surface area contributed by atoms with Crippen molar-refractivity contribution >= 4 is 23.4 Å². The number of rotatable bonds is 4. The third-order valence-corrected chi connectivity index (χ3v) is 4.71. The van der Waals surface area contributed by atoms with E-state index in [1.165, 1.54) is 12.8 Å². The number of anilines is 1. The number of nitrogen functional groups attached to an aromatic ring is 1. The predicted molar refractivity (Wildman–Crippen MR) is 79.8 cm³/mol. The highest BCUT2D eigenvalue weighted by Gasteiger charge is 2.28. The molecule has 4 nitrogen and oxygen atoms in total. The number of hydrogen-bond donors (Lipinski definition) is 2. The van der Waals surface area contributed by atoms with Gasteiger partial charge in [0.05, 0.1) is 12.7 Å². The molecular formula is C14H20N2O2S. The smallest absolute Gasteiger partial charge is 0.255 e. The van der Waals surface area contributed by atoms with E-state index in [1.807, 2.05) is 11.8 Å². The number of nitrogens with two attached hydrogens (primary N) is 1. The van der Waals surface area contributed by atoms with Gasteiger partial charge in [-0.1, -0.05) is 6.42 Å². The number of nitrogens with one attached hydrogen (secondary N) is 1. The van der Waals surface area contributed by atoms with Crippen LogP contribution in [0.1, 0.15) is 29.6 Å².